The maximum absolute atomic E-state index is 11.6. The molecule has 1 rings (SSSR count). The van der Waals surface area contributed by atoms with E-state index in [2.05, 4.69) is 51.7 Å². The van der Waals surface area contributed by atoms with Gasteiger partial charge < -0.3 is 9.47 Å². The monoisotopic (exact) mass is 335 g/mol. The second-order valence-corrected chi connectivity index (χ2v) is 7.19. The summed E-state index contributed by atoms with van der Waals surface area (Å²) in [5.41, 5.74) is 0.991. The Balaban J connectivity index is 2.86. The lowest BCUT2D eigenvalue weighted by Crippen LogP contribution is -2.53. The molecule has 0 saturated heterocycles. The van der Waals surface area contributed by atoms with E-state index in [4.69, 9.17) is 9.47 Å². The Morgan fingerprint density at radius 3 is 2.17 bits per heavy atom. The third-order valence-corrected chi connectivity index (χ3v) is 4.18. The van der Waals surface area contributed by atoms with Gasteiger partial charge in [0.15, 0.2) is 0 Å². The van der Waals surface area contributed by atoms with E-state index in [-0.39, 0.29) is 23.5 Å². The van der Waals surface area contributed by atoms with Gasteiger partial charge in [0.05, 0.1) is 19.3 Å². The van der Waals surface area contributed by atoms with Crippen LogP contribution in [0.3, 0.4) is 0 Å². The largest absolute Gasteiger partial charge is 0.460 e. The van der Waals surface area contributed by atoms with Crippen molar-refractivity contribution in [1.82, 2.24) is 4.90 Å². The summed E-state index contributed by atoms with van der Waals surface area (Å²) >= 11 is 0. The molecule has 0 spiro atoms. The number of ether oxygens (including phenoxy) is 2. The third kappa shape index (κ3) is 6.62. The van der Waals surface area contributed by atoms with Gasteiger partial charge in [-0.25, -0.2) is 0 Å². The molecule has 0 N–H and O–H groups in total. The number of likely N-dealkylation sites (N-methyl/N-ethyl adjacent to an activating group) is 1. The molecule has 1 aromatic rings. The van der Waals surface area contributed by atoms with E-state index in [0.717, 1.165) is 18.7 Å². The highest BCUT2D eigenvalue weighted by atomic mass is 16.5. The minimum absolute atomic E-state index is 0.0348. The molecule has 0 radical (unpaired) electrons. The highest BCUT2D eigenvalue weighted by Crippen LogP contribution is 2.28. The van der Waals surface area contributed by atoms with Crippen molar-refractivity contribution in [3.8, 4) is 0 Å². The van der Waals surface area contributed by atoms with Gasteiger partial charge in [0.25, 0.3) is 0 Å². The molecule has 2 atom stereocenters. The summed E-state index contributed by atoms with van der Waals surface area (Å²) in [6.45, 7) is 14.9. The molecule has 4 heteroatoms. The standard InChI is InChI=1S/C20H33NO3/c1-7-21(8-2)18(19(20(4,5)6)24-16(3)22)15-23-14-17-12-10-9-11-13-17/h9-13,18-19H,7-8,14-15H2,1-6H3/t18-,19-/m0/s1. The molecular weight excluding hydrogens is 302 g/mol. The van der Waals surface area contributed by atoms with Gasteiger partial charge in [-0.3, -0.25) is 9.69 Å². The Kier molecular flexibility index (Phi) is 8.43. The fourth-order valence-electron chi connectivity index (χ4n) is 2.96. The number of nitrogens with zero attached hydrogens (tertiary/aromatic N) is 1. The fourth-order valence-corrected chi connectivity index (χ4v) is 2.96. The van der Waals surface area contributed by atoms with Gasteiger partial charge in [-0.1, -0.05) is 65.0 Å². The average molecular weight is 335 g/mol. The second-order valence-electron chi connectivity index (χ2n) is 7.19. The number of hydrogen-bond donors (Lipinski definition) is 0. The summed E-state index contributed by atoms with van der Waals surface area (Å²) in [5, 5.41) is 0. The lowest BCUT2D eigenvalue weighted by molar-refractivity contribution is -0.160. The predicted molar refractivity (Wildman–Crippen MR) is 97.8 cm³/mol. The zero-order valence-corrected chi connectivity index (χ0v) is 16.0. The van der Waals surface area contributed by atoms with Crippen LogP contribution in [0, 0.1) is 5.41 Å². The first-order valence-electron chi connectivity index (χ1n) is 8.82. The lowest BCUT2D eigenvalue weighted by Gasteiger charge is -2.41. The van der Waals surface area contributed by atoms with Crippen LogP contribution in [-0.2, 0) is 20.9 Å². The first kappa shape index (κ1) is 20.7. The molecule has 4 nitrogen and oxygen atoms in total. The van der Waals surface area contributed by atoms with Crippen LogP contribution in [0.25, 0.3) is 0 Å². The predicted octanol–water partition coefficient (Wildman–Crippen LogP) is 3.89. The van der Waals surface area contributed by atoms with E-state index >= 15 is 0 Å². The zero-order valence-electron chi connectivity index (χ0n) is 16.0. The van der Waals surface area contributed by atoms with Crippen molar-refractivity contribution >= 4 is 5.97 Å². The smallest absolute Gasteiger partial charge is 0.302 e. The summed E-state index contributed by atoms with van der Waals surface area (Å²) in [6, 6.07) is 10.2. The molecular formula is C20H33NO3. The molecule has 0 heterocycles. The van der Waals surface area contributed by atoms with Crippen LogP contribution in [-0.4, -0.2) is 42.7 Å². The topological polar surface area (TPSA) is 38.8 Å². The number of carbonyl (C=O) groups is 1. The average Bonchev–Trinajstić information content (AvgIpc) is 2.52. The van der Waals surface area contributed by atoms with Crippen LogP contribution in [0.5, 0.6) is 0 Å². The van der Waals surface area contributed by atoms with Gasteiger partial charge in [-0.05, 0) is 18.7 Å². The van der Waals surface area contributed by atoms with Crippen molar-refractivity contribution in [1.29, 1.82) is 0 Å². The van der Waals surface area contributed by atoms with Crippen molar-refractivity contribution in [3.05, 3.63) is 35.9 Å². The van der Waals surface area contributed by atoms with Crippen molar-refractivity contribution in [2.24, 2.45) is 5.41 Å². The molecule has 0 aliphatic heterocycles. The first-order chi connectivity index (χ1) is 11.3. The summed E-state index contributed by atoms with van der Waals surface area (Å²) in [6.07, 6.45) is -0.217. The van der Waals surface area contributed by atoms with E-state index < -0.39 is 0 Å². The van der Waals surface area contributed by atoms with Crippen LogP contribution in [0.4, 0.5) is 0 Å². The molecule has 0 aliphatic rings. The van der Waals surface area contributed by atoms with E-state index in [1.54, 1.807) is 0 Å². The Hall–Kier alpha value is -1.39. The lowest BCUT2D eigenvalue weighted by atomic mass is 9.84. The molecule has 24 heavy (non-hydrogen) atoms. The quantitative estimate of drug-likeness (QED) is 0.642. The van der Waals surface area contributed by atoms with Gasteiger partial charge >= 0.3 is 5.97 Å². The maximum Gasteiger partial charge on any atom is 0.302 e. The minimum atomic E-state index is -0.241. The molecule has 0 fully saturated rings. The second kappa shape index (κ2) is 9.80. The van der Waals surface area contributed by atoms with Crippen LogP contribution >= 0.6 is 0 Å². The maximum atomic E-state index is 11.6. The zero-order chi connectivity index (χ0) is 18.2. The molecule has 0 aliphatic carbocycles. The van der Waals surface area contributed by atoms with Gasteiger partial charge in [-0.2, -0.15) is 0 Å². The Morgan fingerprint density at radius 1 is 1.12 bits per heavy atom. The summed E-state index contributed by atoms with van der Waals surface area (Å²) in [4.78, 5) is 13.9. The Morgan fingerprint density at radius 2 is 1.71 bits per heavy atom. The number of rotatable bonds is 9. The van der Waals surface area contributed by atoms with Gasteiger partial charge in [0.2, 0.25) is 0 Å². The molecule has 0 saturated carbocycles. The summed E-state index contributed by atoms with van der Waals surface area (Å²) in [5.74, 6) is -0.241. The highest BCUT2D eigenvalue weighted by molar-refractivity contribution is 5.66. The summed E-state index contributed by atoms with van der Waals surface area (Å²) in [7, 11) is 0. The number of carbonyl (C=O) groups excluding carboxylic acids is 1. The van der Waals surface area contributed by atoms with E-state index in [9.17, 15) is 4.79 Å². The van der Waals surface area contributed by atoms with Gasteiger partial charge in [-0.15, -0.1) is 0 Å². The van der Waals surface area contributed by atoms with Crippen molar-refractivity contribution < 1.29 is 14.3 Å². The van der Waals surface area contributed by atoms with Crippen molar-refractivity contribution in [3.63, 3.8) is 0 Å². The van der Waals surface area contributed by atoms with Crippen LogP contribution in [0.15, 0.2) is 30.3 Å². The Labute approximate surface area is 147 Å². The molecule has 136 valence electrons. The first-order valence-corrected chi connectivity index (χ1v) is 8.82. The van der Waals surface area contributed by atoms with Crippen molar-refractivity contribution in [2.45, 2.75) is 60.3 Å². The van der Waals surface area contributed by atoms with E-state index in [1.165, 1.54) is 6.92 Å². The van der Waals surface area contributed by atoms with Crippen LogP contribution < -0.4 is 0 Å². The highest BCUT2D eigenvalue weighted by Gasteiger charge is 2.37. The molecule has 1 aromatic carbocycles. The molecule has 0 unspecified atom stereocenters. The molecule has 0 bridgehead atoms. The molecule has 0 aromatic heterocycles. The van der Waals surface area contributed by atoms with Crippen molar-refractivity contribution in [2.75, 3.05) is 19.7 Å². The summed E-state index contributed by atoms with van der Waals surface area (Å²) < 4.78 is 11.7. The van der Waals surface area contributed by atoms with Gasteiger partial charge in [0.1, 0.15) is 6.10 Å². The van der Waals surface area contributed by atoms with E-state index in [0.29, 0.717) is 13.2 Å². The number of benzene rings is 1. The Bertz CT molecular complexity index is 477. The molecule has 0 amide bonds. The third-order valence-electron chi connectivity index (χ3n) is 4.18. The number of hydrogen-bond acceptors (Lipinski definition) is 4. The van der Waals surface area contributed by atoms with E-state index in [1.807, 2.05) is 18.2 Å². The normalized spacial score (nSPS) is 14.5. The van der Waals surface area contributed by atoms with Crippen LogP contribution in [0.2, 0.25) is 0 Å². The minimum Gasteiger partial charge on any atom is -0.460 e. The number of esters is 1. The fraction of sp³-hybridized carbons (Fsp3) is 0.650. The SMILES string of the molecule is CCN(CC)[C@@H](COCc1ccccc1)[C@H](OC(C)=O)C(C)(C)C. The van der Waals surface area contributed by atoms with Gasteiger partial charge in [0, 0.05) is 12.3 Å². The van der Waals surface area contributed by atoms with Crippen LogP contribution in [0.1, 0.15) is 47.1 Å².